The number of nitrogens with zero attached hydrogens (tertiary/aromatic N) is 2. The van der Waals surface area contributed by atoms with E-state index in [1.807, 2.05) is 61.5 Å². The summed E-state index contributed by atoms with van der Waals surface area (Å²) in [5.41, 5.74) is 2.23. The molecule has 0 saturated carbocycles. The number of rotatable bonds is 5. The van der Waals surface area contributed by atoms with E-state index >= 15 is 0 Å². The van der Waals surface area contributed by atoms with Crippen molar-refractivity contribution < 1.29 is 0 Å². The summed E-state index contributed by atoms with van der Waals surface area (Å²) in [6, 6.07) is 17.8. The minimum Gasteiger partial charge on any atom is -0.356 e. The SMILES string of the molecule is CC(NC(=S)Nc1nn(Cc2ccc(Cl)cc2)cc1Cl)c1ccccc1. The lowest BCUT2D eigenvalue weighted by atomic mass is 10.1. The van der Waals surface area contributed by atoms with E-state index in [1.54, 1.807) is 10.9 Å². The summed E-state index contributed by atoms with van der Waals surface area (Å²) in [4.78, 5) is 0. The first-order valence-electron chi connectivity index (χ1n) is 8.11. The molecule has 3 aromatic rings. The molecular formula is C19H18Cl2N4S. The molecule has 1 atom stereocenters. The predicted octanol–water partition coefficient (Wildman–Crippen LogP) is 5.29. The van der Waals surface area contributed by atoms with Crippen molar-refractivity contribution in [3.8, 4) is 0 Å². The fourth-order valence-electron chi connectivity index (χ4n) is 2.50. The second-order valence-electron chi connectivity index (χ2n) is 5.88. The first kappa shape index (κ1) is 18.7. The smallest absolute Gasteiger partial charge is 0.173 e. The van der Waals surface area contributed by atoms with Gasteiger partial charge in [0, 0.05) is 11.2 Å². The molecule has 0 saturated heterocycles. The van der Waals surface area contributed by atoms with Crippen LogP contribution in [0.1, 0.15) is 24.1 Å². The van der Waals surface area contributed by atoms with Gasteiger partial charge in [-0.3, -0.25) is 4.68 Å². The van der Waals surface area contributed by atoms with Gasteiger partial charge in [-0.2, -0.15) is 5.10 Å². The largest absolute Gasteiger partial charge is 0.356 e. The van der Waals surface area contributed by atoms with Crippen LogP contribution in [0.5, 0.6) is 0 Å². The molecule has 0 spiro atoms. The topological polar surface area (TPSA) is 41.9 Å². The molecule has 0 radical (unpaired) electrons. The van der Waals surface area contributed by atoms with E-state index in [4.69, 9.17) is 35.4 Å². The van der Waals surface area contributed by atoms with Crippen molar-refractivity contribution >= 4 is 46.4 Å². The van der Waals surface area contributed by atoms with Crippen LogP contribution in [0, 0.1) is 0 Å². The van der Waals surface area contributed by atoms with E-state index in [-0.39, 0.29) is 6.04 Å². The maximum absolute atomic E-state index is 6.28. The Balaban J connectivity index is 1.62. The number of anilines is 1. The molecule has 1 unspecified atom stereocenters. The molecule has 7 heteroatoms. The maximum atomic E-state index is 6.28. The van der Waals surface area contributed by atoms with Crippen molar-refractivity contribution in [2.45, 2.75) is 19.5 Å². The van der Waals surface area contributed by atoms with Gasteiger partial charge in [0.25, 0.3) is 0 Å². The molecule has 2 aromatic carbocycles. The summed E-state index contributed by atoms with van der Waals surface area (Å²) in [6.07, 6.45) is 1.77. The minimum absolute atomic E-state index is 0.0751. The van der Waals surface area contributed by atoms with Gasteiger partial charge in [0.1, 0.15) is 5.02 Å². The summed E-state index contributed by atoms with van der Waals surface area (Å²) >= 11 is 17.6. The third kappa shape index (κ3) is 4.97. The van der Waals surface area contributed by atoms with Gasteiger partial charge >= 0.3 is 0 Å². The Kier molecular flexibility index (Phi) is 6.14. The summed E-state index contributed by atoms with van der Waals surface area (Å²) in [7, 11) is 0. The molecule has 0 fully saturated rings. The van der Waals surface area contributed by atoms with Crippen molar-refractivity contribution in [1.29, 1.82) is 0 Å². The molecule has 0 aliphatic rings. The van der Waals surface area contributed by atoms with Gasteiger partial charge in [-0.05, 0) is 42.4 Å². The third-order valence-electron chi connectivity index (χ3n) is 3.85. The molecule has 2 N–H and O–H groups in total. The van der Waals surface area contributed by atoms with E-state index in [0.29, 0.717) is 27.5 Å². The van der Waals surface area contributed by atoms with E-state index in [9.17, 15) is 0 Å². The molecule has 0 aliphatic heterocycles. The van der Waals surface area contributed by atoms with Crippen LogP contribution in [-0.2, 0) is 6.54 Å². The van der Waals surface area contributed by atoms with Crippen molar-refractivity contribution in [3.05, 3.63) is 82.0 Å². The van der Waals surface area contributed by atoms with E-state index in [1.165, 1.54) is 0 Å². The van der Waals surface area contributed by atoms with E-state index < -0.39 is 0 Å². The van der Waals surface area contributed by atoms with E-state index in [0.717, 1.165) is 11.1 Å². The number of hydrogen-bond acceptors (Lipinski definition) is 2. The summed E-state index contributed by atoms with van der Waals surface area (Å²) in [6.45, 7) is 2.64. The first-order valence-corrected chi connectivity index (χ1v) is 9.27. The average molecular weight is 405 g/mol. The van der Waals surface area contributed by atoms with Gasteiger partial charge in [-0.25, -0.2) is 0 Å². The van der Waals surface area contributed by atoms with Crippen LogP contribution < -0.4 is 10.6 Å². The summed E-state index contributed by atoms with van der Waals surface area (Å²) < 4.78 is 1.76. The Morgan fingerprint density at radius 1 is 1.12 bits per heavy atom. The van der Waals surface area contributed by atoms with Crippen LogP contribution in [0.15, 0.2) is 60.8 Å². The Labute approximate surface area is 168 Å². The quantitative estimate of drug-likeness (QED) is 0.567. The lowest BCUT2D eigenvalue weighted by Crippen LogP contribution is -2.31. The van der Waals surface area contributed by atoms with Crippen LogP contribution in [-0.4, -0.2) is 14.9 Å². The predicted molar refractivity (Wildman–Crippen MR) is 112 cm³/mol. The van der Waals surface area contributed by atoms with Crippen LogP contribution in [0.3, 0.4) is 0 Å². The standard InChI is InChI=1S/C19H18Cl2N4S/c1-13(15-5-3-2-4-6-15)22-19(26)23-18-17(21)12-25(24-18)11-14-7-9-16(20)10-8-14/h2-10,12-13H,11H2,1H3,(H2,22,23,24,26). The third-order valence-corrected chi connectivity index (χ3v) is 4.60. The number of aromatic nitrogens is 2. The van der Waals surface area contributed by atoms with Crippen LogP contribution in [0.4, 0.5) is 5.82 Å². The number of nitrogens with one attached hydrogen (secondary N) is 2. The van der Waals surface area contributed by atoms with Crippen molar-refractivity contribution in [2.75, 3.05) is 5.32 Å². The lowest BCUT2D eigenvalue weighted by molar-refractivity contribution is 0.689. The number of benzene rings is 2. The molecule has 3 rings (SSSR count). The van der Waals surface area contributed by atoms with Crippen molar-refractivity contribution in [1.82, 2.24) is 15.1 Å². The molecule has 0 bridgehead atoms. The number of hydrogen-bond donors (Lipinski definition) is 2. The monoisotopic (exact) mass is 404 g/mol. The Morgan fingerprint density at radius 3 is 2.50 bits per heavy atom. The number of thiocarbonyl (C=S) groups is 1. The van der Waals surface area contributed by atoms with Gasteiger partial charge < -0.3 is 10.6 Å². The highest BCUT2D eigenvalue weighted by Crippen LogP contribution is 2.21. The highest BCUT2D eigenvalue weighted by atomic mass is 35.5. The van der Waals surface area contributed by atoms with Gasteiger partial charge in [-0.15, -0.1) is 0 Å². The first-order chi connectivity index (χ1) is 12.5. The van der Waals surface area contributed by atoms with Gasteiger partial charge in [0.15, 0.2) is 10.9 Å². The number of halogens is 2. The average Bonchev–Trinajstić information content (AvgIpc) is 2.96. The molecular weight excluding hydrogens is 387 g/mol. The second kappa shape index (κ2) is 8.54. The maximum Gasteiger partial charge on any atom is 0.173 e. The van der Waals surface area contributed by atoms with Crippen LogP contribution in [0.2, 0.25) is 10.0 Å². The molecule has 0 aliphatic carbocycles. The zero-order valence-corrected chi connectivity index (χ0v) is 16.4. The summed E-state index contributed by atoms with van der Waals surface area (Å²) in [5, 5.41) is 12.4. The molecule has 26 heavy (non-hydrogen) atoms. The lowest BCUT2D eigenvalue weighted by Gasteiger charge is -2.16. The Morgan fingerprint density at radius 2 is 1.81 bits per heavy atom. The molecule has 1 heterocycles. The second-order valence-corrected chi connectivity index (χ2v) is 7.13. The summed E-state index contributed by atoms with van der Waals surface area (Å²) in [5.74, 6) is 0.526. The Hall–Kier alpha value is -2.08. The molecule has 134 valence electrons. The van der Waals surface area contributed by atoms with Gasteiger partial charge in [0.2, 0.25) is 0 Å². The molecule has 0 amide bonds. The van der Waals surface area contributed by atoms with Crippen molar-refractivity contribution in [2.24, 2.45) is 0 Å². The van der Waals surface area contributed by atoms with E-state index in [2.05, 4.69) is 15.7 Å². The van der Waals surface area contributed by atoms with Crippen LogP contribution in [0.25, 0.3) is 0 Å². The zero-order valence-electron chi connectivity index (χ0n) is 14.1. The van der Waals surface area contributed by atoms with Crippen molar-refractivity contribution in [3.63, 3.8) is 0 Å². The molecule has 1 aromatic heterocycles. The zero-order chi connectivity index (χ0) is 18.5. The Bertz CT molecular complexity index is 878. The van der Waals surface area contributed by atoms with Crippen LogP contribution >= 0.6 is 35.4 Å². The molecule has 4 nitrogen and oxygen atoms in total. The highest BCUT2D eigenvalue weighted by Gasteiger charge is 2.11. The normalized spacial score (nSPS) is 11.8. The fraction of sp³-hybridized carbons (Fsp3) is 0.158. The minimum atomic E-state index is 0.0751. The van der Waals surface area contributed by atoms with Gasteiger partial charge in [-0.1, -0.05) is 65.7 Å². The highest BCUT2D eigenvalue weighted by molar-refractivity contribution is 7.80. The van der Waals surface area contributed by atoms with Gasteiger partial charge in [0.05, 0.1) is 12.6 Å². The fourth-order valence-corrected chi connectivity index (χ4v) is 3.10.